The fraction of sp³-hybridized carbons (Fsp3) is 0.286. The van der Waals surface area contributed by atoms with Crippen LogP contribution in [0.3, 0.4) is 0 Å². The lowest BCUT2D eigenvalue weighted by Crippen LogP contribution is -2.32. The smallest absolute Gasteiger partial charge is 0.352 e. The molecule has 0 fully saturated rings. The molecular formula is C21H15F6N5O3. The molecule has 0 saturated carbocycles. The van der Waals surface area contributed by atoms with Gasteiger partial charge in [0.15, 0.2) is 5.69 Å². The molecule has 8 nitrogen and oxygen atoms in total. The SMILES string of the molecule is Cc1ncc(Cn2cnc(C(F)(F)C(F)F)c(Oc3cc(C(F)F)cc(C#N)c3C)c2=O)c(=O)[nH]1. The molecule has 1 N–H and O–H groups in total. The number of halogens is 6. The Balaban J connectivity index is 2.22. The first-order valence-electron chi connectivity index (χ1n) is 9.68. The zero-order valence-electron chi connectivity index (χ0n) is 18.0. The third kappa shape index (κ3) is 5.03. The molecule has 2 heterocycles. The molecule has 35 heavy (non-hydrogen) atoms. The molecule has 0 aliphatic rings. The van der Waals surface area contributed by atoms with Crippen molar-refractivity contribution in [2.24, 2.45) is 0 Å². The summed E-state index contributed by atoms with van der Waals surface area (Å²) < 4.78 is 87.1. The van der Waals surface area contributed by atoms with Crippen molar-refractivity contribution in [3.63, 3.8) is 0 Å². The fourth-order valence-electron chi connectivity index (χ4n) is 2.99. The summed E-state index contributed by atoms with van der Waals surface area (Å²) in [5.74, 6) is -6.70. The fourth-order valence-corrected chi connectivity index (χ4v) is 2.99. The molecule has 184 valence electrons. The summed E-state index contributed by atoms with van der Waals surface area (Å²) in [5.41, 5.74) is -5.07. The van der Waals surface area contributed by atoms with Crippen LogP contribution in [0.25, 0.3) is 0 Å². The Morgan fingerprint density at radius 1 is 1.17 bits per heavy atom. The van der Waals surface area contributed by atoms with E-state index in [1.807, 2.05) is 0 Å². The van der Waals surface area contributed by atoms with E-state index in [0.717, 1.165) is 12.3 Å². The largest absolute Gasteiger partial charge is 0.449 e. The van der Waals surface area contributed by atoms with Crippen LogP contribution in [-0.4, -0.2) is 25.9 Å². The highest BCUT2D eigenvalue weighted by Crippen LogP contribution is 2.39. The quantitative estimate of drug-likeness (QED) is 0.493. The number of ether oxygens (including phenoxy) is 1. The molecule has 1 aromatic carbocycles. The molecule has 0 aliphatic heterocycles. The van der Waals surface area contributed by atoms with Gasteiger partial charge in [0, 0.05) is 17.3 Å². The van der Waals surface area contributed by atoms with Crippen LogP contribution in [0.1, 0.15) is 40.2 Å². The summed E-state index contributed by atoms with van der Waals surface area (Å²) >= 11 is 0. The highest BCUT2D eigenvalue weighted by molar-refractivity contribution is 5.51. The second-order valence-electron chi connectivity index (χ2n) is 7.31. The van der Waals surface area contributed by atoms with Crippen molar-refractivity contribution in [2.75, 3.05) is 0 Å². The summed E-state index contributed by atoms with van der Waals surface area (Å²) in [4.78, 5) is 34.6. The average molecular weight is 499 g/mol. The molecule has 3 rings (SSSR count). The van der Waals surface area contributed by atoms with Crippen molar-refractivity contribution < 1.29 is 31.1 Å². The van der Waals surface area contributed by atoms with Crippen molar-refractivity contribution in [1.29, 1.82) is 5.26 Å². The topological polar surface area (TPSA) is 114 Å². The van der Waals surface area contributed by atoms with Crippen LogP contribution in [0.15, 0.2) is 34.2 Å². The minimum atomic E-state index is -4.96. The van der Waals surface area contributed by atoms with Gasteiger partial charge in [-0.05, 0) is 26.0 Å². The van der Waals surface area contributed by atoms with E-state index < -0.39 is 59.2 Å². The normalized spacial score (nSPS) is 11.7. The first-order chi connectivity index (χ1) is 16.4. The van der Waals surface area contributed by atoms with E-state index in [0.29, 0.717) is 17.0 Å². The van der Waals surface area contributed by atoms with Gasteiger partial charge in [-0.2, -0.15) is 14.0 Å². The third-order valence-electron chi connectivity index (χ3n) is 4.89. The summed E-state index contributed by atoms with van der Waals surface area (Å²) in [6.45, 7) is 2.16. The van der Waals surface area contributed by atoms with E-state index in [1.54, 1.807) is 6.07 Å². The van der Waals surface area contributed by atoms with Gasteiger partial charge in [-0.3, -0.25) is 14.2 Å². The summed E-state index contributed by atoms with van der Waals surface area (Å²) in [6.07, 6.45) is -5.76. The second-order valence-corrected chi connectivity index (χ2v) is 7.31. The minimum absolute atomic E-state index is 0.0959. The van der Waals surface area contributed by atoms with Crippen LogP contribution < -0.4 is 15.9 Å². The number of rotatable bonds is 7. The maximum Gasteiger partial charge on any atom is 0.352 e. The minimum Gasteiger partial charge on any atom is -0.449 e. The van der Waals surface area contributed by atoms with E-state index in [2.05, 4.69) is 15.0 Å². The molecule has 0 amide bonds. The molecule has 0 aliphatic carbocycles. The second kappa shape index (κ2) is 9.61. The van der Waals surface area contributed by atoms with Gasteiger partial charge in [0.2, 0.25) is 5.75 Å². The molecule has 14 heteroatoms. The van der Waals surface area contributed by atoms with Gasteiger partial charge in [-0.25, -0.2) is 27.5 Å². The third-order valence-corrected chi connectivity index (χ3v) is 4.89. The lowest BCUT2D eigenvalue weighted by molar-refractivity contribution is -0.139. The number of hydrogen-bond donors (Lipinski definition) is 1. The van der Waals surface area contributed by atoms with Gasteiger partial charge in [0.1, 0.15) is 11.6 Å². The van der Waals surface area contributed by atoms with Crippen molar-refractivity contribution in [3.05, 3.63) is 79.1 Å². The predicted molar refractivity (Wildman–Crippen MR) is 108 cm³/mol. The summed E-state index contributed by atoms with van der Waals surface area (Å²) in [6, 6.07) is 3.15. The van der Waals surface area contributed by atoms with E-state index in [4.69, 9.17) is 4.74 Å². The van der Waals surface area contributed by atoms with Crippen LogP contribution >= 0.6 is 0 Å². The molecular weight excluding hydrogens is 484 g/mol. The number of nitrogens with zero attached hydrogens (tertiary/aromatic N) is 4. The first kappa shape index (κ1) is 25.5. The number of nitrogens with one attached hydrogen (secondary N) is 1. The highest BCUT2D eigenvalue weighted by Gasteiger charge is 2.48. The average Bonchev–Trinajstić information content (AvgIpc) is 2.78. The van der Waals surface area contributed by atoms with Crippen molar-refractivity contribution in [3.8, 4) is 17.6 Å². The number of H-pyrrole nitrogens is 1. The van der Waals surface area contributed by atoms with Crippen LogP contribution in [0.2, 0.25) is 0 Å². The highest BCUT2D eigenvalue weighted by atomic mass is 19.3. The maximum atomic E-state index is 14.3. The van der Waals surface area contributed by atoms with E-state index in [9.17, 15) is 41.2 Å². The van der Waals surface area contributed by atoms with Gasteiger partial charge in [-0.1, -0.05) is 0 Å². The zero-order valence-corrected chi connectivity index (χ0v) is 18.0. The van der Waals surface area contributed by atoms with E-state index in [-0.39, 0.29) is 22.5 Å². The Hall–Kier alpha value is -4.15. The number of hydrogen-bond acceptors (Lipinski definition) is 6. The van der Waals surface area contributed by atoms with Gasteiger partial charge >= 0.3 is 12.3 Å². The monoisotopic (exact) mass is 499 g/mol. The Labute approximate surface area is 192 Å². The van der Waals surface area contributed by atoms with Crippen LogP contribution in [0, 0.1) is 25.2 Å². The van der Waals surface area contributed by atoms with Gasteiger partial charge in [0.25, 0.3) is 17.5 Å². The first-order valence-corrected chi connectivity index (χ1v) is 9.68. The molecule has 0 spiro atoms. The molecule has 0 unspecified atom stereocenters. The Kier molecular flexibility index (Phi) is 6.99. The lowest BCUT2D eigenvalue weighted by Gasteiger charge is -2.20. The number of aromatic amines is 1. The van der Waals surface area contributed by atoms with Gasteiger partial charge in [0.05, 0.1) is 30.1 Å². The van der Waals surface area contributed by atoms with Crippen molar-refractivity contribution in [2.45, 2.75) is 39.2 Å². The Morgan fingerprint density at radius 2 is 1.86 bits per heavy atom. The van der Waals surface area contributed by atoms with Crippen LogP contribution in [0.4, 0.5) is 26.3 Å². The van der Waals surface area contributed by atoms with Crippen LogP contribution in [0.5, 0.6) is 11.5 Å². The standard InChI is InChI=1S/C21H15F6N5O3/c1-9-12(5-28)3-11(17(22)23)4-14(9)35-15-16(21(26,27)20(24)25)30-8-32(19(15)34)7-13-6-29-10(2)31-18(13)33/h3-4,6,8,17,20H,7H2,1-2H3,(H,29,31,33). The molecule has 2 aromatic heterocycles. The molecule has 0 radical (unpaired) electrons. The number of benzene rings is 1. The summed E-state index contributed by atoms with van der Waals surface area (Å²) in [7, 11) is 0. The maximum absolute atomic E-state index is 14.3. The summed E-state index contributed by atoms with van der Waals surface area (Å²) in [5, 5.41) is 9.19. The molecule has 0 saturated heterocycles. The number of aryl methyl sites for hydroxylation is 1. The Morgan fingerprint density at radius 3 is 2.43 bits per heavy atom. The lowest BCUT2D eigenvalue weighted by atomic mass is 10.0. The van der Waals surface area contributed by atoms with Gasteiger partial charge in [-0.15, -0.1) is 0 Å². The van der Waals surface area contributed by atoms with Crippen LogP contribution in [-0.2, 0) is 12.5 Å². The Bertz CT molecular complexity index is 1430. The number of alkyl halides is 6. The van der Waals surface area contributed by atoms with E-state index in [1.165, 1.54) is 13.8 Å². The van der Waals surface area contributed by atoms with Gasteiger partial charge < -0.3 is 9.72 Å². The number of nitriles is 1. The molecule has 0 atom stereocenters. The van der Waals surface area contributed by atoms with E-state index >= 15 is 0 Å². The predicted octanol–water partition coefficient (Wildman–Crippen LogP) is 3.95. The molecule has 3 aromatic rings. The van der Waals surface area contributed by atoms with Crippen molar-refractivity contribution >= 4 is 0 Å². The van der Waals surface area contributed by atoms with Crippen molar-refractivity contribution in [1.82, 2.24) is 19.5 Å². The zero-order chi connectivity index (χ0) is 26.1. The number of aromatic nitrogens is 4. The molecule has 0 bridgehead atoms.